The molecule has 0 saturated heterocycles. The van der Waals surface area contributed by atoms with E-state index < -0.39 is 5.95 Å². The molecule has 1 aliphatic heterocycles. The fraction of sp³-hybridized carbons (Fsp3) is 0.0870. The summed E-state index contributed by atoms with van der Waals surface area (Å²) in [5.74, 6) is -0.571. The third-order valence-corrected chi connectivity index (χ3v) is 6.16. The van der Waals surface area contributed by atoms with Crippen molar-refractivity contribution in [2.45, 2.75) is 16.3 Å². The number of carbonyl (C=O) groups is 1. The lowest BCUT2D eigenvalue weighted by molar-refractivity contribution is -0.678. The monoisotopic (exact) mass is 430 g/mol. The SMILES string of the molecule is CN(Cc1c([O-])on[n+]1-c1ccccc1)C(=O)N1c2ccccc2Sc2ccccc21. The van der Waals surface area contributed by atoms with E-state index in [0.29, 0.717) is 5.69 Å². The van der Waals surface area contributed by atoms with Crippen LogP contribution in [0.2, 0.25) is 0 Å². The van der Waals surface area contributed by atoms with Crippen molar-refractivity contribution in [2.24, 2.45) is 0 Å². The lowest BCUT2D eigenvalue weighted by atomic mass is 10.2. The number of hydrogen-bond acceptors (Lipinski definition) is 5. The van der Waals surface area contributed by atoms with Crippen molar-refractivity contribution in [3.05, 3.63) is 84.6 Å². The van der Waals surface area contributed by atoms with E-state index in [1.165, 1.54) is 9.58 Å². The van der Waals surface area contributed by atoms with E-state index in [4.69, 9.17) is 4.52 Å². The van der Waals surface area contributed by atoms with E-state index in [1.807, 2.05) is 78.9 Å². The molecule has 0 unspecified atom stereocenters. The van der Waals surface area contributed by atoms with Gasteiger partial charge < -0.3 is 14.5 Å². The minimum atomic E-state index is -0.571. The molecule has 0 saturated carbocycles. The summed E-state index contributed by atoms with van der Waals surface area (Å²) in [4.78, 5) is 18.8. The van der Waals surface area contributed by atoms with Crippen LogP contribution in [0.1, 0.15) is 5.69 Å². The van der Waals surface area contributed by atoms with Crippen LogP contribution in [0.5, 0.6) is 5.95 Å². The molecule has 0 fully saturated rings. The van der Waals surface area contributed by atoms with Gasteiger partial charge >= 0.3 is 6.03 Å². The molecule has 3 aromatic carbocycles. The van der Waals surface area contributed by atoms with Gasteiger partial charge in [-0.1, -0.05) is 54.2 Å². The van der Waals surface area contributed by atoms with Crippen LogP contribution in [0.4, 0.5) is 16.2 Å². The normalized spacial score (nSPS) is 12.2. The third-order valence-electron chi connectivity index (χ3n) is 5.03. The van der Waals surface area contributed by atoms with Gasteiger partial charge in [0.15, 0.2) is 5.95 Å². The molecule has 1 aliphatic rings. The van der Waals surface area contributed by atoms with Gasteiger partial charge in [0.2, 0.25) is 5.69 Å². The number of nitrogens with zero attached hydrogens (tertiary/aromatic N) is 4. The first kappa shape index (κ1) is 19.2. The lowest BCUT2D eigenvalue weighted by Gasteiger charge is -2.33. The van der Waals surface area contributed by atoms with Gasteiger partial charge in [0.25, 0.3) is 5.69 Å². The molecular weight excluding hydrogens is 412 g/mol. The van der Waals surface area contributed by atoms with Crippen LogP contribution in [0, 0.1) is 0 Å². The maximum Gasteiger partial charge on any atom is 0.329 e. The highest BCUT2D eigenvalue weighted by atomic mass is 32.2. The molecule has 0 radical (unpaired) electrons. The summed E-state index contributed by atoms with van der Waals surface area (Å²) in [5.41, 5.74) is 2.59. The van der Waals surface area contributed by atoms with Crippen molar-refractivity contribution in [1.82, 2.24) is 10.2 Å². The number of benzene rings is 3. The molecule has 5 rings (SSSR count). The summed E-state index contributed by atoms with van der Waals surface area (Å²) in [6.07, 6.45) is 0. The van der Waals surface area contributed by atoms with Crippen molar-refractivity contribution in [1.29, 1.82) is 0 Å². The number of carbonyl (C=O) groups excluding carboxylic acids is 1. The maximum atomic E-state index is 13.6. The van der Waals surface area contributed by atoms with Gasteiger partial charge in [0.05, 0.1) is 16.6 Å². The van der Waals surface area contributed by atoms with Gasteiger partial charge in [0, 0.05) is 29.0 Å². The number of hydrogen-bond donors (Lipinski definition) is 0. The molecule has 0 aliphatic carbocycles. The summed E-state index contributed by atoms with van der Waals surface area (Å²) in [6.45, 7) is 0.0457. The summed E-state index contributed by atoms with van der Waals surface area (Å²) in [5, 5.41) is 16.2. The van der Waals surface area contributed by atoms with E-state index in [0.717, 1.165) is 21.2 Å². The fourth-order valence-corrected chi connectivity index (χ4v) is 4.60. The molecule has 7 nitrogen and oxygen atoms in total. The fourth-order valence-electron chi connectivity index (χ4n) is 3.54. The number of rotatable bonds is 3. The predicted octanol–water partition coefficient (Wildman–Crippen LogP) is 3.88. The van der Waals surface area contributed by atoms with Crippen LogP contribution in [-0.2, 0) is 6.54 Å². The Balaban J connectivity index is 1.50. The van der Waals surface area contributed by atoms with E-state index in [9.17, 15) is 9.90 Å². The zero-order chi connectivity index (χ0) is 21.4. The molecule has 0 spiro atoms. The Labute approximate surface area is 183 Å². The van der Waals surface area contributed by atoms with Gasteiger partial charge in [-0.2, -0.15) is 0 Å². The van der Waals surface area contributed by atoms with Gasteiger partial charge in [0.1, 0.15) is 6.54 Å². The first-order valence-corrected chi connectivity index (χ1v) is 10.5. The molecule has 154 valence electrons. The molecule has 0 atom stereocenters. The minimum Gasteiger partial charge on any atom is -0.539 e. The molecule has 2 heterocycles. The second-order valence-corrected chi connectivity index (χ2v) is 8.15. The molecule has 0 bridgehead atoms. The summed E-state index contributed by atoms with van der Waals surface area (Å²) < 4.78 is 6.32. The van der Waals surface area contributed by atoms with Crippen LogP contribution in [-0.4, -0.2) is 23.3 Å². The highest BCUT2D eigenvalue weighted by Gasteiger charge is 2.32. The number of aromatic nitrogens is 2. The van der Waals surface area contributed by atoms with Crippen LogP contribution < -0.4 is 14.7 Å². The Kier molecular flexibility index (Phi) is 4.83. The van der Waals surface area contributed by atoms with Crippen LogP contribution in [0.15, 0.2) is 93.2 Å². The molecule has 1 aromatic heterocycles. The van der Waals surface area contributed by atoms with Gasteiger partial charge in [-0.3, -0.25) is 4.90 Å². The van der Waals surface area contributed by atoms with E-state index in [1.54, 1.807) is 23.7 Å². The first-order chi connectivity index (χ1) is 15.1. The zero-order valence-electron chi connectivity index (χ0n) is 16.6. The Morgan fingerprint density at radius 2 is 1.58 bits per heavy atom. The van der Waals surface area contributed by atoms with E-state index in [2.05, 4.69) is 5.27 Å². The third kappa shape index (κ3) is 3.40. The number of para-hydroxylation sites is 3. The molecule has 0 N–H and O–H groups in total. The second kappa shape index (κ2) is 7.81. The number of amides is 2. The van der Waals surface area contributed by atoms with Gasteiger partial charge in [-0.15, -0.1) is 0 Å². The summed E-state index contributed by atoms with van der Waals surface area (Å²) in [6, 6.07) is 24.5. The Morgan fingerprint density at radius 3 is 2.23 bits per heavy atom. The van der Waals surface area contributed by atoms with Crippen molar-refractivity contribution in [2.75, 3.05) is 11.9 Å². The predicted molar refractivity (Wildman–Crippen MR) is 113 cm³/mol. The minimum absolute atomic E-state index is 0.0457. The Morgan fingerprint density at radius 1 is 1.00 bits per heavy atom. The van der Waals surface area contributed by atoms with Gasteiger partial charge in [-0.05, 0) is 28.9 Å². The number of urea groups is 1. The average Bonchev–Trinajstić information content (AvgIpc) is 3.17. The standard InChI is InChI=1S/C23H18N4O3S/c1-25(15-19-22(28)30-24-27(19)16-9-3-2-4-10-16)23(29)26-17-11-5-7-13-20(17)31-21-14-8-6-12-18(21)26/h2-14H,15H2,1H3. The molecule has 4 aromatic rings. The van der Waals surface area contributed by atoms with Crippen LogP contribution in [0.3, 0.4) is 0 Å². The largest absolute Gasteiger partial charge is 0.539 e. The van der Waals surface area contributed by atoms with Crippen molar-refractivity contribution >= 4 is 29.2 Å². The van der Waals surface area contributed by atoms with Crippen LogP contribution in [0.25, 0.3) is 5.69 Å². The topological polar surface area (TPSA) is 76.5 Å². The zero-order valence-corrected chi connectivity index (χ0v) is 17.5. The Hall–Kier alpha value is -3.78. The smallest absolute Gasteiger partial charge is 0.329 e. The van der Waals surface area contributed by atoms with Gasteiger partial charge in [-0.25, -0.2) is 4.79 Å². The molecule has 8 heteroatoms. The highest BCUT2D eigenvalue weighted by molar-refractivity contribution is 7.99. The van der Waals surface area contributed by atoms with E-state index in [-0.39, 0.29) is 18.3 Å². The first-order valence-electron chi connectivity index (χ1n) is 9.68. The Bertz CT molecular complexity index is 1210. The molecular formula is C23H18N4O3S. The maximum absolute atomic E-state index is 13.6. The number of anilines is 2. The molecule has 2 amide bonds. The lowest BCUT2D eigenvalue weighted by Crippen LogP contribution is -2.43. The summed E-state index contributed by atoms with van der Waals surface area (Å²) in [7, 11) is 1.66. The highest BCUT2D eigenvalue weighted by Crippen LogP contribution is 2.48. The average molecular weight is 430 g/mol. The number of fused-ring (bicyclic) bond motifs is 2. The molecule has 31 heavy (non-hydrogen) atoms. The van der Waals surface area contributed by atoms with Crippen LogP contribution >= 0.6 is 11.8 Å². The van der Waals surface area contributed by atoms with E-state index >= 15 is 0 Å². The second-order valence-electron chi connectivity index (χ2n) is 7.07. The van der Waals surface area contributed by atoms with Crippen molar-refractivity contribution in [3.63, 3.8) is 0 Å². The van der Waals surface area contributed by atoms with Crippen molar-refractivity contribution in [3.8, 4) is 11.6 Å². The van der Waals surface area contributed by atoms with Crippen molar-refractivity contribution < 1.29 is 19.1 Å². The quantitative estimate of drug-likeness (QED) is 0.461. The summed E-state index contributed by atoms with van der Waals surface area (Å²) >= 11 is 1.63.